The number of rotatable bonds is 5. The van der Waals surface area contributed by atoms with Gasteiger partial charge in [0.25, 0.3) is 5.91 Å². The molecule has 0 unspecified atom stereocenters. The molecule has 23 heavy (non-hydrogen) atoms. The SMILES string of the molecule is CC(=O)c1ccc(OC(C)C)c(NC(=O)c2ccccc2F)c1. The number of halogens is 1. The van der Waals surface area contributed by atoms with Crippen LogP contribution < -0.4 is 10.1 Å². The molecule has 0 fully saturated rings. The number of ether oxygens (including phenoxy) is 1. The second-order valence-electron chi connectivity index (χ2n) is 5.37. The molecule has 120 valence electrons. The average Bonchev–Trinajstić information content (AvgIpc) is 2.48. The third-order valence-corrected chi connectivity index (χ3v) is 3.12. The van der Waals surface area contributed by atoms with E-state index < -0.39 is 11.7 Å². The minimum absolute atomic E-state index is 0.0729. The summed E-state index contributed by atoms with van der Waals surface area (Å²) >= 11 is 0. The molecule has 4 nitrogen and oxygen atoms in total. The molecular formula is C18H18FNO3. The zero-order valence-corrected chi connectivity index (χ0v) is 13.2. The molecule has 0 bridgehead atoms. The molecule has 2 aromatic carbocycles. The Morgan fingerprint density at radius 1 is 1.13 bits per heavy atom. The van der Waals surface area contributed by atoms with Gasteiger partial charge in [0.1, 0.15) is 11.6 Å². The highest BCUT2D eigenvalue weighted by atomic mass is 19.1. The molecule has 0 aliphatic rings. The maximum atomic E-state index is 13.7. The van der Waals surface area contributed by atoms with Crippen molar-refractivity contribution in [2.45, 2.75) is 26.9 Å². The van der Waals surface area contributed by atoms with Crippen LogP contribution in [0.3, 0.4) is 0 Å². The summed E-state index contributed by atoms with van der Waals surface area (Å²) in [6.07, 6.45) is -0.109. The third-order valence-electron chi connectivity index (χ3n) is 3.12. The molecule has 0 saturated carbocycles. The van der Waals surface area contributed by atoms with Crippen molar-refractivity contribution in [2.75, 3.05) is 5.32 Å². The van der Waals surface area contributed by atoms with Crippen molar-refractivity contribution in [3.05, 3.63) is 59.4 Å². The summed E-state index contributed by atoms with van der Waals surface area (Å²) in [6.45, 7) is 5.13. The van der Waals surface area contributed by atoms with Crippen molar-refractivity contribution in [1.29, 1.82) is 0 Å². The second-order valence-corrected chi connectivity index (χ2v) is 5.37. The zero-order valence-electron chi connectivity index (χ0n) is 13.2. The highest BCUT2D eigenvalue weighted by molar-refractivity contribution is 6.06. The lowest BCUT2D eigenvalue weighted by molar-refractivity contribution is 0.100. The lowest BCUT2D eigenvalue weighted by atomic mass is 10.1. The summed E-state index contributed by atoms with van der Waals surface area (Å²) in [7, 11) is 0. The van der Waals surface area contributed by atoms with Gasteiger partial charge < -0.3 is 10.1 Å². The highest BCUT2D eigenvalue weighted by Gasteiger charge is 2.15. The molecule has 0 aliphatic heterocycles. The molecule has 5 heteroatoms. The van der Waals surface area contributed by atoms with E-state index in [9.17, 15) is 14.0 Å². The van der Waals surface area contributed by atoms with Gasteiger partial charge in [0.15, 0.2) is 5.78 Å². The van der Waals surface area contributed by atoms with Crippen molar-refractivity contribution in [3.8, 4) is 5.75 Å². The Hall–Kier alpha value is -2.69. The third kappa shape index (κ3) is 4.16. The standard InChI is InChI=1S/C18H18FNO3/c1-11(2)23-17-9-8-13(12(3)21)10-16(17)20-18(22)14-6-4-5-7-15(14)19/h4-11H,1-3H3,(H,20,22). The van der Waals surface area contributed by atoms with Crippen LogP contribution in [-0.4, -0.2) is 17.8 Å². The van der Waals surface area contributed by atoms with Crippen LogP contribution in [0.1, 0.15) is 41.5 Å². The molecule has 1 N–H and O–H groups in total. The van der Waals surface area contributed by atoms with Crippen LogP contribution in [0.5, 0.6) is 5.75 Å². The first-order valence-corrected chi connectivity index (χ1v) is 7.26. The number of hydrogen-bond donors (Lipinski definition) is 1. The van der Waals surface area contributed by atoms with E-state index in [1.54, 1.807) is 18.2 Å². The highest BCUT2D eigenvalue weighted by Crippen LogP contribution is 2.28. The molecule has 0 heterocycles. The molecule has 0 aliphatic carbocycles. The minimum Gasteiger partial charge on any atom is -0.489 e. The Morgan fingerprint density at radius 2 is 1.83 bits per heavy atom. The van der Waals surface area contributed by atoms with Gasteiger partial charge in [-0.05, 0) is 51.1 Å². The number of hydrogen-bond acceptors (Lipinski definition) is 3. The molecule has 0 aromatic heterocycles. The number of carbonyl (C=O) groups excluding carboxylic acids is 2. The van der Waals surface area contributed by atoms with E-state index in [0.29, 0.717) is 17.0 Å². The van der Waals surface area contributed by atoms with Gasteiger partial charge in [-0.2, -0.15) is 0 Å². The average molecular weight is 315 g/mol. The van der Waals surface area contributed by atoms with E-state index in [1.165, 1.54) is 31.2 Å². The fraction of sp³-hybridized carbons (Fsp3) is 0.222. The monoisotopic (exact) mass is 315 g/mol. The smallest absolute Gasteiger partial charge is 0.258 e. The van der Waals surface area contributed by atoms with Crippen LogP contribution in [0.25, 0.3) is 0 Å². The Labute approximate surface area is 134 Å². The fourth-order valence-corrected chi connectivity index (χ4v) is 2.04. The molecule has 0 spiro atoms. The van der Waals surface area contributed by atoms with Gasteiger partial charge in [0.05, 0.1) is 17.4 Å². The Morgan fingerprint density at radius 3 is 2.43 bits per heavy atom. The second kappa shape index (κ2) is 7.05. The van der Waals surface area contributed by atoms with Crippen molar-refractivity contribution in [2.24, 2.45) is 0 Å². The first-order valence-electron chi connectivity index (χ1n) is 7.26. The van der Waals surface area contributed by atoms with Gasteiger partial charge in [0, 0.05) is 5.56 Å². The van der Waals surface area contributed by atoms with Crippen LogP contribution in [-0.2, 0) is 0 Å². The first kappa shape index (κ1) is 16.7. The molecule has 2 rings (SSSR count). The molecule has 0 atom stereocenters. The number of Topliss-reactive ketones (excluding diaryl/α,β-unsaturated/α-hetero) is 1. The number of anilines is 1. The van der Waals surface area contributed by atoms with Gasteiger partial charge in [-0.1, -0.05) is 12.1 Å². The van der Waals surface area contributed by atoms with Crippen LogP contribution in [0, 0.1) is 5.82 Å². The topological polar surface area (TPSA) is 55.4 Å². The molecule has 1 amide bonds. The van der Waals surface area contributed by atoms with E-state index in [0.717, 1.165) is 0 Å². The normalized spacial score (nSPS) is 10.5. The van der Waals surface area contributed by atoms with E-state index in [4.69, 9.17) is 4.74 Å². The number of ketones is 1. The number of benzene rings is 2. The van der Waals surface area contributed by atoms with Crippen LogP contribution in [0.15, 0.2) is 42.5 Å². The number of carbonyl (C=O) groups is 2. The summed E-state index contributed by atoms with van der Waals surface area (Å²) in [6, 6.07) is 10.5. The molecule has 0 radical (unpaired) electrons. The summed E-state index contributed by atoms with van der Waals surface area (Å²) in [4.78, 5) is 23.8. The number of amides is 1. The zero-order chi connectivity index (χ0) is 17.0. The Kier molecular flexibility index (Phi) is 5.11. The van der Waals surface area contributed by atoms with Crippen molar-refractivity contribution in [1.82, 2.24) is 0 Å². The molecule has 0 saturated heterocycles. The van der Waals surface area contributed by atoms with Crippen LogP contribution >= 0.6 is 0 Å². The van der Waals surface area contributed by atoms with Crippen molar-refractivity contribution >= 4 is 17.4 Å². The lowest BCUT2D eigenvalue weighted by Gasteiger charge is -2.16. The maximum Gasteiger partial charge on any atom is 0.258 e. The lowest BCUT2D eigenvalue weighted by Crippen LogP contribution is -2.16. The van der Waals surface area contributed by atoms with Crippen LogP contribution in [0.2, 0.25) is 0 Å². The Balaban J connectivity index is 2.36. The van der Waals surface area contributed by atoms with E-state index in [-0.39, 0.29) is 17.5 Å². The van der Waals surface area contributed by atoms with E-state index in [1.807, 2.05) is 13.8 Å². The quantitative estimate of drug-likeness (QED) is 0.846. The van der Waals surface area contributed by atoms with E-state index >= 15 is 0 Å². The van der Waals surface area contributed by atoms with Crippen LogP contribution in [0.4, 0.5) is 10.1 Å². The van der Waals surface area contributed by atoms with Gasteiger partial charge in [-0.15, -0.1) is 0 Å². The Bertz CT molecular complexity index is 741. The summed E-state index contributed by atoms with van der Waals surface area (Å²) < 4.78 is 19.3. The summed E-state index contributed by atoms with van der Waals surface area (Å²) in [5.74, 6) is -0.923. The number of nitrogens with one attached hydrogen (secondary N) is 1. The largest absolute Gasteiger partial charge is 0.489 e. The maximum absolute atomic E-state index is 13.7. The fourth-order valence-electron chi connectivity index (χ4n) is 2.04. The summed E-state index contributed by atoms with van der Waals surface area (Å²) in [5, 5.41) is 2.61. The van der Waals surface area contributed by atoms with E-state index in [2.05, 4.69) is 5.32 Å². The van der Waals surface area contributed by atoms with Gasteiger partial charge >= 0.3 is 0 Å². The van der Waals surface area contributed by atoms with Crippen molar-refractivity contribution in [3.63, 3.8) is 0 Å². The minimum atomic E-state index is -0.612. The summed E-state index contributed by atoms with van der Waals surface area (Å²) in [5.41, 5.74) is 0.695. The predicted octanol–water partition coefficient (Wildman–Crippen LogP) is 4.07. The predicted molar refractivity (Wildman–Crippen MR) is 86.6 cm³/mol. The van der Waals surface area contributed by atoms with Gasteiger partial charge in [-0.25, -0.2) is 4.39 Å². The van der Waals surface area contributed by atoms with Gasteiger partial charge in [-0.3, -0.25) is 9.59 Å². The molecule has 2 aromatic rings. The first-order chi connectivity index (χ1) is 10.9. The van der Waals surface area contributed by atoms with Crippen molar-refractivity contribution < 1.29 is 18.7 Å². The molecular weight excluding hydrogens is 297 g/mol. The van der Waals surface area contributed by atoms with Gasteiger partial charge in [0.2, 0.25) is 0 Å².